The normalized spacial score (nSPS) is 13.1. The zero-order valence-corrected chi connectivity index (χ0v) is 40.5. The molecule has 0 fully saturated rings. The predicted octanol–water partition coefficient (Wildman–Crippen LogP) is 19.0. The molecule has 0 aromatic heterocycles. The zero-order chi connectivity index (χ0) is 41.6. The molecule has 5 heteroatoms. The SMILES string of the molecule is CCCCCCCCCCCCCC(CCCCCCCCCCCC)OS(=O)(=O)OC(CCCCCCCCCCCC)CCCCCCCCCCCCC. The quantitative estimate of drug-likeness (QED) is 0.0573. The van der Waals surface area contributed by atoms with Crippen molar-refractivity contribution < 1.29 is 16.8 Å². The van der Waals surface area contributed by atoms with E-state index >= 15 is 0 Å². The molecule has 0 bridgehead atoms. The Morgan fingerprint density at radius 1 is 0.246 bits per heavy atom. The predicted molar refractivity (Wildman–Crippen MR) is 254 cm³/mol. The number of rotatable bonds is 50. The Labute approximate surface area is 361 Å². The Morgan fingerprint density at radius 2 is 0.386 bits per heavy atom. The van der Waals surface area contributed by atoms with Crippen LogP contribution in [-0.2, 0) is 18.8 Å². The first kappa shape index (κ1) is 56.9. The molecule has 0 aliphatic heterocycles. The van der Waals surface area contributed by atoms with Crippen molar-refractivity contribution in [1.82, 2.24) is 0 Å². The molecule has 2 unspecified atom stereocenters. The van der Waals surface area contributed by atoms with Gasteiger partial charge in [0, 0.05) is 0 Å². The Balaban J connectivity index is 4.96. The van der Waals surface area contributed by atoms with E-state index in [4.69, 9.17) is 8.37 Å². The lowest BCUT2D eigenvalue weighted by atomic mass is 10.0. The van der Waals surface area contributed by atoms with E-state index in [0.717, 1.165) is 51.4 Å². The van der Waals surface area contributed by atoms with Crippen molar-refractivity contribution in [2.45, 2.75) is 335 Å². The van der Waals surface area contributed by atoms with Crippen molar-refractivity contribution in [3.63, 3.8) is 0 Å². The minimum absolute atomic E-state index is 0.248. The van der Waals surface area contributed by atoms with Crippen molar-refractivity contribution in [2.75, 3.05) is 0 Å². The highest BCUT2D eigenvalue weighted by Crippen LogP contribution is 2.24. The molecule has 0 aliphatic rings. The third-order valence-corrected chi connectivity index (χ3v) is 13.5. The van der Waals surface area contributed by atoms with Crippen LogP contribution in [0.25, 0.3) is 0 Å². The summed E-state index contributed by atoms with van der Waals surface area (Å²) < 4.78 is 39.1. The van der Waals surface area contributed by atoms with E-state index in [1.54, 1.807) is 0 Å². The van der Waals surface area contributed by atoms with Crippen LogP contribution in [0.5, 0.6) is 0 Å². The Morgan fingerprint density at radius 3 is 0.544 bits per heavy atom. The highest BCUT2D eigenvalue weighted by atomic mass is 32.3. The van der Waals surface area contributed by atoms with Crippen LogP contribution in [0.3, 0.4) is 0 Å². The fourth-order valence-corrected chi connectivity index (χ4v) is 9.73. The molecule has 2 atom stereocenters. The molecule has 4 nitrogen and oxygen atoms in total. The van der Waals surface area contributed by atoms with Gasteiger partial charge in [0.1, 0.15) is 0 Å². The fraction of sp³-hybridized carbons (Fsp3) is 1.00. The van der Waals surface area contributed by atoms with Crippen molar-refractivity contribution in [3.05, 3.63) is 0 Å². The Hall–Kier alpha value is -0.130. The van der Waals surface area contributed by atoms with Crippen molar-refractivity contribution >= 4 is 10.4 Å². The third kappa shape index (κ3) is 45.2. The van der Waals surface area contributed by atoms with Gasteiger partial charge < -0.3 is 0 Å². The van der Waals surface area contributed by atoms with Gasteiger partial charge in [0.25, 0.3) is 0 Å². The summed E-state index contributed by atoms with van der Waals surface area (Å²) in [6.45, 7) is 9.13. The summed E-state index contributed by atoms with van der Waals surface area (Å²) in [5.41, 5.74) is 0. The molecule has 344 valence electrons. The average Bonchev–Trinajstić information content (AvgIpc) is 3.19. The lowest BCUT2D eigenvalue weighted by Crippen LogP contribution is -2.25. The maximum Gasteiger partial charge on any atom is 0.400 e. The second-order valence-electron chi connectivity index (χ2n) is 18.4. The smallest absolute Gasteiger partial charge is 0.245 e. The van der Waals surface area contributed by atoms with Crippen LogP contribution >= 0.6 is 0 Å². The van der Waals surface area contributed by atoms with Crippen LogP contribution < -0.4 is 0 Å². The molecule has 0 saturated heterocycles. The topological polar surface area (TPSA) is 52.6 Å². The maximum absolute atomic E-state index is 13.6. The van der Waals surface area contributed by atoms with Gasteiger partial charge >= 0.3 is 10.4 Å². The second kappa shape index (κ2) is 46.9. The largest absolute Gasteiger partial charge is 0.400 e. The first-order valence-electron chi connectivity index (χ1n) is 26.6. The molecule has 0 aromatic rings. The van der Waals surface area contributed by atoms with Gasteiger partial charge in [-0.2, -0.15) is 8.42 Å². The third-order valence-electron chi connectivity index (χ3n) is 12.5. The van der Waals surface area contributed by atoms with Crippen LogP contribution in [0, 0.1) is 0 Å². The molecule has 0 amide bonds. The van der Waals surface area contributed by atoms with Gasteiger partial charge in [-0.25, -0.2) is 8.37 Å². The highest BCUT2D eigenvalue weighted by Gasteiger charge is 2.24. The average molecular weight is 827 g/mol. The Bertz CT molecular complexity index is 783. The van der Waals surface area contributed by atoms with Crippen molar-refractivity contribution in [3.8, 4) is 0 Å². The molecule has 0 aromatic carbocycles. The lowest BCUT2D eigenvalue weighted by molar-refractivity contribution is 0.101. The summed E-state index contributed by atoms with van der Waals surface area (Å²) in [6, 6.07) is 0. The standard InChI is InChI=1S/C52H106O4S/c1-5-9-13-17-21-25-29-33-37-41-45-49-51(47-43-39-35-31-27-23-19-15-11-7-3)55-57(53,54)56-52(48-44-40-36-32-28-24-20-16-12-8-4)50-46-42-38-34-30-26-22-18-14-10-6-2/h51-52H,5-50H2,1-4H3. The van der Waals surface area contributed by atoms with Crippen LogP contribution in [0.1, 0.15) is 323 Å². The van der Waals surface area contributed by atoms with E-state index < -0.39 is 10.4 Å². The monoisotopic (exact) mass is 827 g/mol. The van der Waals surface area contributed by atoms with Crippen LogP contribution in [0.2, 0.25) is 0 Å². The molecule has 0 rings (SSSR count). The second-order valence-corrected chi connectivity index (χ2v) is 19.6. The summed E-state index contributed by atoms with van der Waals surface area (Å²) in [7, 11) is -4.03. The molecule has 0 heterocycles. The summed E-state index contributed by atoms with van der Waals surface area (Å²) in [5.74, 6) is 0. The van der Waals surface area contributed by atoms with Crippen molar-refractivity contribution in [1.29, 1.82) is 0 Å². The van der Waals surface area contributed by atoms with Gasteiger partial charge in [-0.1, -0.05) is 297 Å². The molecular formula is C52H106O4S. The molecule has 0 aliphatic carbocycles. The summed E-state index contributed by atoms with van der Waals surface area (Å²) in [4.78, 5) is 0. The summed E-state index contributed by atoms with van der Waals surface area (Å²) in [6.07, 6.45) is 57.3. The van der Waals surface area contributed by atoms with Gasteiger partial charge in [0.05, 0.1) is 12.2 Å². The molecule has 0 radical (unpaired) electrons. The van der Waals surface area contributed by atoms with Crippen LogP contribution in [0.4, 0.5) is 0 Å². The first-order valence-corrected chi connectivity index (χ1v) is 27.9. The minimum atomic E-state index is -4.03. The lowest BCUT2D eigenvalue weighted by Gasteiger charge is -2.21. The zero-order valence-electron chi connectivity index (χ0n) is 39.7. The van der Waals surface area contributed by atoms with E-state index in [-0.39, 0.29) is 12.2 Å². The minimum Gasteiger partial charge on any atom is -0.245 e. The highest BCUT2D eigenvalue weighted by molar-refractivity contribution is 7.81. The molecular weight excluding hydrogens is 721 g/mol. The molecule has 57 heavy (non-hydrogen) atoms. The van der Waals surface area contributed by atoms with E-state index in [9.17, 15) is 8.42 Å². The van der Waals surface area contributed by atoms with Gasteiger partial charge in [-0.05, 0) is 25.7 Å². The molecule has 0 N–H and O–H groups in total. The molecule has 0 spiro atoms. The summed E-state index contributed by atoms with van der Waals surface area (Å²) in [5, 5.41) is 0. The van der Waals surface area contributed by atoms with Gasteiger partial charge in [-0.3, -0.25) is 0 Å². The van der Waals surface area contributed by atoms with E-state index in [1.807, 2.05) is 0 Å². The van der Waals surface area contributed by atoms with E-state index in [2.05, 4.69) is 27.7 Å². The van der Waals surface area contributed by atoms with Gasteiger partial charge in [0.15, 0.2) is 0 Å². The van der Waals surface area contributed by atoms with E-state index in [0.29, 0.717) is 0 Å². The Kier molecular flexibility index (Phi) is 46.8. The van der Waals surface area contributed by atoms with Crippen molar-refractivity contribution in [2.24, 2.45) is 0 Å². The first-order chi connectivity index (χ1) is 28.0. The van der Waals surface area contributed by atoms with Gasteiger partial charge in [-0.15, -0.1) is 0 Å². The van der Waals surface area contributed by atoms with Crippen LogP contribution in [-0.4, -0.2) is 20.6 Å². The number of hydrogen-bond donors (Lipinski definition) is 0. The maximum atomic E-state index is 13.6. The number of hydrogen-bond acceptors (Lipinski definition) is 4. The number of unbranched alkanes of at least 4 members (excludes halogenated alkanes) is 38. The van der Waals surface area contributed by atoms with Crippen LogP contribution in [0.15, 0.2) is 0 Å². The molecule has 0 saturated carbocycles. The van der Waals surface area contributed by atoms with Gasteiger partial charge in [0.2, 0.25) is 0 Å². The summed E-state index contributed by atoms with van der Waals surface area (Å²) >= 11 is 0. The fourth-order valence-electron chi connectivity index (χ4n) is 8.63. The van der Waals surface area contributed by atoms with E-state index in [1.165, 1.54) is 244 Å².